The monoisotopic (exact) mass is 349 g/mol. The van der Waals surface area contributed by atoms with Gasteiger partial charge < -0.3 is 4.57 Å². The largest absolute Gasteiger partial charge is 0.318 e. The molecule has 0 aliphatic carbocycles. The fourth-order valence-corrected chi connectivity index (χ4v) is 2.98. The molecule has 6 nitrogen and oxygen atoms in total. The molecule has 6 heteroatoms. The van der Waals surface area contributed by atoms with E-state index in [4.69, 9.17) is 0 Å². The average molecular weight is 349 g/mol. The SMILES string of the molecule is Cc1cc(=O)[nH]c(NN=Cc2cc(C)n(-c3ccc(C)c(C)c3)c2C)n1. The predicted molar refractivity (Wildman–Crippen MR) is 106 cm³/mol. The van der Waals surface area contributed by atoms with Crippen molar-refractivity contribution in [1.29, 1.82) is 0 Å². The molecule has 3 aromatic rings. The molecule has 0 radical (unpaired) electrons. The summed E-state index contributed by atoms with van der Waals surface area (Å²) in [6, 6.07) is 9.98. The van der Waals surface area contributed by atoms with Gasteiger partial charge in [-0.05, 0) is 63.9 Å². The van der Waals surface area contributed by atoms with Gasteiger partial charge in [-0.2, -0.15) is 5.10 Å². The van der Waals surface area contributed by atoms with Gasteiger partial charge >= 0.3 is 0 Å². The van der Waals surface area contributed by atoms with Crippen molar-refractivity contribution >= 4 is 12.2 Å². The fourth-order valence-electron chi connectivity index (χ4n) is 2.98. The van der Waals surface area contributed by atoms with Crippen LogP contribution < -0.4 is 11.0 Å². The maximum atomic E-state index is 11.5. The molecule has 2 N–H and O–H groups in total. The summed E-state index contributed by atoms with van der Waals surface area (Å²) in [4.78, 5) is 18.3. The standard InChI is InChI=1S/C20H23N5O/c1-12-6-7-18(8-13(12)2)25-15(4)10-17(16(25)5)11-21-24-20-22-14(3)9-19(26)23-20/h6-11H,1-5H3,(H2,22,23,24,26). The fraction of sp³-hybridized carbons (Fsp3) is 0.250. The van der Waals surface area contributed by atoms with E-state index in [1.54, 1.807) is 13.1 Å². The van der Waals surface area contributed by atoms with Crippen molar-refractivity contribution in [1.82, 2.24) is 14.5 Å². The first kappa shape index (κ1) is 17.7. The van der Waals surface area contributed by atoms with Crippen LogP contribution in [-0.2, 0) is 0 Å². The number of benzene rings is 1. The van der Waals surface area contributed by atoms with E-state index in [0.717, 1.165) is 22.6 Å². The van der Waals surface area contributed by atoms with Crippen molar-refractivity contribution < 1.29 is 0 Å². The molecule has 0 unspecified atom stereocenters. The third-order valence-corrected chi connectivity index (χ3v) is 4.46. The molecule has 134 valence electrons. The van der Waals surface area contributed by atoms with E-state index in [2.05, 4.69) is 77.0 Å². The Morgan fingerprint density at radius 1 is 1.08 bits per heavy atom. The van der Waals surface area contributed by atoms with Gasteiger partial charge in [0.05, 0.1) is 6.21 Å². The highest BCUT2D eigenvalue weighted by atomic mass is 16.1. The van der Waals surface area contributed by atoms with Crippen molar-refractivity contribution in [2.45, 2.75) is 34.6 Å². The third kappa shape index (κ3) is 3.59. The number of anilines is 1. The number of aryl methyl sites for hydroxylation is 4. The molecule has 0 amide bonds. The first-order chi connectivity index (χ1) is 12.3. The molecule has 1 aromatic carbocycles. The summed E-state index contributed by atoms with van der Waals surface area (Å²) < 4.78 is 2.21. The van der Waals surface area contributed by atoms with Crippen LogP contribution >= 0.6 is 0 Å². The van der Waals surface area contributed by atoms with Gasteiger partial charge in [-0.1, -0.05) is 6.07 Å². The highest BCUT2D eigenvalue weighted by Crippen LogP contribution is 2.21. The summed E-state index contributed by atoms with van der Waals surface area (Å²) in [7, 11) is 0. The summed E-state index contributed by atoms with van der Waals surface area (Å²) in [6.45, 7) is 10.1. The molecule has 0 spiro atoms. The summed E-state index contributed by atoms with van der Waals surface area (Å²) in [5.41, 5.74) is 10.1. The van der Waals surface area contributed by atoms with Crippen molar-refractivity contribution in [2.75, 3.05) is 5.43 Å². The molecule has 0 bridgehead atoms. The van der Waals surface area contributed by atoms with Crippen LogP contribution in [0.4, 0.5) is 5.95 Å². The second-order valence-electron chi connectivity index (χ2n) is 6.54. The van der Waals surface area contributed by atoms with Crippen LogP contribution in [0, 0.1) is 34.6 Å². The Morgan fingerprint density at radius 2 is 1.85 bits per heavy atom. The maximum absolute atomic E-state index is 11.5. The molecule has 0 saturated carbocycles. The molecule has 0 aliphatic heterocycles. The van der Waals surface area contributed by atoms with E-state index < -0.39 is 0 Å². The number of hydrogen-bond acceptors (Lipinski definition) is 4. The van der Waals surface area contributed by atoms with E-state index in [0.29, 0.717) is 11.6 Å². The Kier molecular flexibility index (Phi) is 4.75. The lowest BCUT2D eigenvalue weighted by atomic mass is 10.1. The lowest BCUT2D eigenvalue weighted by Gasteiger charge is -2.11. The third-order valence-electron chi connectivity index (χ3n) is 4.46. The van der Waals surface area contributed by atoms with E-state index in [-0.39, 0.29) is 5.56 Å². The minimum absolute atomic E-state index is 0.205. The maximum Gasteiger partial charge on any atom is 0.252 e. The summed E-state index contributed by atoms with van der Waals surface area (Å²) in [5, 5.41) is 4.21. The smallest absolute Gasteiger partial charge is 0.252 e. The summed E-state index contributed by atoms with van der Waals surface area (Å²) >= 11 is 0. The Balaban J connectivity index is 1.87. The van der Waals surface area contributed by atoms with Crippen LogP contribution in [0.25, 0.3) is 5.69 Å². The molecule has 0 saturated heterocycles. The van der Waals surface area contributed by atoms with E-state index in [9.17, 15) is 4.79 Å². The molecule has 0 aliphatic rings. The predicted octanol–water partition coefficient (Wildman–Crippen LogP) is 3.55. The minimum Gasteiger partial charge on any atom is -0.318 e. The van der Waals surface area contributed by atoms with Gasteiger partial charge in [-0.25, -0.2) is 10.4 Å². The van der Waals surface area contributed by atoms with Gasteiger partial charge in [0, 0.05) is 34.4 Å². The van der Waals surface area contributed by atoms with Gasteiger partial charge in [-0.15, -0.1) is 0 Å². The van der Waals surface area contributed by atoms with E-state index >= 15 is 0 Å². The highest BCUT2D eigenvalue weighted by molar-refractivity contribution is 5.82. The Hall–Kier alpha value is -3.15. The van der Waals surface area contributed by atoms with Crippen LogP contribution in [0.15, 0.2) is 40.2 Å². The summed E-state index contributed by atoms with van der Waals surface area (Å²) in [6.07, 6.45) is 1.74. The molecular weight excluding hydrogens is 326 g/mol. The zero-order valence-electron chi connectivity index (χ0n) is 15.7. The lowest BCUT2D eigenvalue weighted by molar-refractivity contribution is 0.961. The van der Waals surface area contributed by atoms with Crippen LogP contribution in [-0.4, -0.2) is 20.7 Å². The summed E-state index contributed by atoms with van der Waals surface area (Å²) in [5.74, 6) is 0.328. The zero-order valence-corrected chi connectivity index (χ0v) is 15.7. The second kappa shape index (κ2) is 7.00. The van der Waals surface area contributed by atoms with Crippen LogP contribution in [0.1, 0.15) is 33.8 Å². The zero-order chi connectivity index (χ0) is 18.8. The number of nitrogens with one attached hydrogen (secondary N) is 2. The van der Waals surface area contributed by atoms with Crippen LogP contribution in [0.2, 0.25) is 0 Å². The molecular formula is C20H23N5O. The second-order valence-corrected chi connectivity index (χ2v) is 6.54. The van der Waals surface area contributed by atoms with Gasteiger partial charge in [-0.3, -0.25) is 9.78 Å². The number of aromatic nitrogens is 3. The van der Waals surface area contributed by atoms with Crippen molar-refractivity contribution in [2.24, 2.45) is 5.10 Å². The highest BCUT2D eigenvalue weighted by Gasteiger charge is 2.10. The van der Waals surface area contributed by atoms with Crippen molar-refractivity contribution in [3.63, 3.8) is 0 Å². The number of hydrogen-bond donors (Lipinski definition) is 2. The minimum atomic E-state index is -0.205. The number of hydrazone groups is 1. The van der Waals surface area contributed by atoms with Crippen molar-refractivity contribution in [3.8, 4) is 5.69 Å². The normalized spacial score (nSPS) is 11.3. The molecule has 2 heterocycles. The molecule has 2 aromatic heterocycles. The van der Waals surface area contributed by atoms with Crippen LogP contribution in [0.3, 0.4) is 0 Å². The molecule has 3 rings (SSSR count). The number of aromatic amines is 1. The first-order valence-corrected chi connectivity index (χ1v) is 8.49. The van der Waals surface area contributed by atoms with Crippen molar-refractivity contribution in [3.05, 3.63) is 74.5 Å². The topological polar surface area (TPSA) is 75.1 Å². The average Bonchev–Trinajstić information content (AvgIpc) is 2.83. The lowest BCUT2D eigenvalue weighted by Crippen LogP contribution is -2.10. The number of H-pyrrole nitrogens is 1. The Labute approximate surface area is 152 Å². The van der Waals surface area contributed by atoms with Gasteiger partial charge in [0.15, 0.2) is 0 Å². The molecule has 0 atom stereocenters. The van der Waals surface area contributed by atoms with E-state index in [1.165, 1.54) is 17.2 Å². The molecule has 26 heavy (non-hydrogen) atoms. The number of rotatable bonds is 4. The van der Waals surface area contributed by atoms with Crippen LogP contribution in [0.5, 0.6) is 0 Å². The first-order valence-electron chi connectivity index (χ1n) is 8.49. The Bertz CT molecular complexity index is 1040. The number of nitrogens with zero attached hydrogens (tertiary/aromatic N) is 3. The van der Waals surface area contributed by atoms with Gasteiger partial charge in [0.2, 0.25) is 5.95 Å². The van der Waals surface area contributed by atoms with Gasteiger partial charge in [0.1, 0.15) is 0 Å². The quantitative estimate of drug-likeness (QED) is 0.559. The van der Waals surface area contributed by atoms with E-state index in [1.807, 2.05) is 0 Å². The molecule has 0 fully saturated rings. The van der Waals surface area contributed by atoms with Gasteiger partial charge in [0.25, 0.3) is 5.56 Å². The Morgan fingerprint density at radius 3 is 2.54 bits per heavy atom.